The van der Waals surface area contributed by atoms with E-state index in [0.717, 1.165) is 11.8 Å². The lowest BCUT2D eigenvalue weighted by atomic mass is 10.0. The third-order valence-electron chi connectivity index (χ3n) is 2.15. The van der Waals surface area contributed by atoms with Crippen molar-refractivity contribution in [3.63, 3.8) is 0 Å². The number of methoxy groups -OCH3 is 1. The summed E-state index contributed by atoms with van der Waals surface area (Å²) < 4.78 is 18.4. The predicted molar refractivity (Wildman–Crippen MR) is 52.1 cm³/mol. The lowest BCUT2D eigenvalue weighted by Crippen LogP contribution is -2.00. The number of carbonyl (C=O) groups is 1. The number of benzene rings is 1. The van der Waals surface area contributed by atoms with Crippen LogP contribution in [0.5, 0.6) is 5.75 Å². The first-order valence-electron chi connectivity index (χ1n) is 4.52. The molecule has 1 aromatic rings. The standard InChI is InChI=1S/C11H13FO2/c1-3-9-10(12)5-4-8(6-7-13)11(9)14-2/h4-5,7H,3,6H2,1-2H3. The lowest BCUT2D eigenvalue weighted by molar-refractivity contribution is -0.107. The Hall–Kier alpha value is -1.38. The minimum Gasteiger partial charge on any atom is -0.496 e. The van der Waals surface area contributed by atoms with Gasteiger partial charge in [-0.25, -0.2) is 4.39 Å². The average molecular weight is 196 g/mol. The SMILES string of the molecule is CCc1c(F)ccc(CC=O)c1OC. The molecule has 0 bridgehead atoms. The molecule has 0 N–H and O–H groups in total. The van der Waals surface area contributed by atoms with Crippen molar-refractivity contribution in [3.8, 4) is 5.75 Å². The zero-order valence-electron chi connectivity index (χ0n) is 8.34. The van der Waals surface area contributed by atoms with Gasteiger partial charge in [-0.2, -0.15) is 0 Å². The van der Waals surface area contributed by atoms with E-state index in [2.05, 4.69) is 0 Å². The molecule has 0 unspecified atom stereocenters. The second-order valence-electron chi connectivity index (χ2n) is 2.94. The molecule has 2 nitrogen and oxygen atoms in total. The summed E-state index contributed by atoms with van der Waals surface area (Å²) in [6, 6.07) is 2.96. The predicted octanol–water partition coefficient (Wildman–Crippen LogP) is 2.14. The van der Waals surface area contributed by atoms with Gasteiger partial charge in [0, 0.05) is 17.5 Å². The maximum Gasteiger partial charge on any atom is 0.130 e. The van der Waals surface area contributed by atoms with Gasteiger partial charge in [0.05, 0.1) is 7.11 Å². The van der Waals surface area contributed by atoms with Crippen molar-refractivity contribution in [1.82, 2.24) is 0 Å². The summed E-state index contributed by atoms with van der Waals surface area (Å²) in [6.07, 6.45) is 1.60. The van der Waals surface area contributed by atoms with Crippen molar-refractivity contribution in [2.45, 2.75) is 19.8 Å². The van der Waals surface area contributed by atoms with Gasteiger partial charge in [-0.15, -0.1) is 0 Å². The van der Waals surface area contributed by atoms with Crippen LogP contribution in [-0.2, 0) is 17.6 Å². The molecule has 0 radical (unpaired) electrons. The van der Waals surface area contributed by atoms with Crippen LogP contribution in [-0.4, -0.2) is 13.4 Å². The van der Waals surface area contributed by atoms with Crippen LogP contribution in [0.1, 0.15) is 18.1 Å². The van der Waals surface area contributed by atoms with Gasteiger partial charge in [-0.1, -0.05) is 13.0 Å². The molecule has 0 heterocycles. The van der Waals surface area contributed by atoms with Crippen LogP contribution in [0, 0.1) is 5.82 Å². The summed E-state index contributed by atoms with van der Waals surface area (Å²) in [7, 11) is 1.49. The molecule has 0 aliphatic carbocycles. The van der Waals surface area contributed by atoms with Crippen LogP contribution in [0.4, 0.5) is 4.39 Å². The molecule has 0 aliphatic heterocycles. The van der Waals surface area contributed by atoms with Crippen molar-refractivity contribution < 1.29 is 13.9 Å². The largest absolute Gasteiger partial charge is 0.496 e. The van der Waals surface area contributed by atoms with Crippen molar-refractivity contribution in [3.05, 3.63) is 29.1 Å². The fraction of sp³-hybridized carbons (Fsp3) is 0.364. The number of rotatable bonds is 4. The van der Waals surface area contributed by atoms with E-state index in [1.807, 2.05) is 6.92 Å². The fourth-order valence-electron chi connectivity index (χ4n) is 1.49. The number of halogens is 1. The molecule has 14 heavy (non-hydrogen) atoms. The Morgan fingerprint density at radius 3 is 2.71 bits per heavy atom. The number of aldehydes is 1. The molecule has 1 rings (SSSR count). The highest BCUT2D eigenvalue weighted by Gasteiger charge is 2.11. The zero-order valence-corrected chi connectivity index (χ0v) is 8.34. The molecule has 3 heteroatoms. The second kappa shape index (κ2) is 4.74. The minimum atomic E-state index is -0.279. The van der Waals surface area contributed by atoms with Gasteiger partial charge in [0.25, 0.3) is 0 Å². The molecular formula is C11H13FO2. The van der Waals surface area contributed by atoms with Crippen molar-refractivity contribution >= 4 is 6.29 Å². The van der Waals surface area contributed by atoms with Gasteiger partial charge in [-0.05, 0) is 12.5 Å². The molecule has 0 spiro atoms. The van der Waals surface area contributed by atoms with Crippen LogP contribution >= 0.6 is 0 Å². The summed E-state index contributed by atoms with van der Waals surface area (Å²) in [5.74, 6) is 0.221. The number of hydrogen-bond acceptors (Lipinski definition) is 2. The molecule has 0 fully saturated rings. The Labute approximate surface area is 82.7 Å². The van der Waals surface area contributed by atoms with Crippen LogP contribution in [0.2, 0.25) is 0 Å². The monoisotopic (exact) mass is 196 g/mol. The first kappa shape index (κ1) is 10.7. The van der Waals surface area contributed by atoms with Crippen molar-refractivity contribution in [2.75, 3.05) is 7.11 Å². The maximum absolute atomic E-state index is 13.3. The Morgan fingerprint density at radius 2 is 2.21 bits per heavy atom. The number of hydrogen-bond donors (Lipinski definition) is 0. The van der Waals surface area contributed by atoms with Gasteiger partial charge < -0.3 is 9.53 Å². The van der Waals surface area contributed by atoms with Gasteiger partial charge >= 0.3 is 0 Å². The Bertz CT molecular complexity index is 334. The second-order valence-corrected chi connectivity index (χ2v) is 2.94. The van der Waals surface area contributed by atoms with Gasteiger partial charge in [-0.3, -0.25) is 0 Å². The molecule has 0 amide bonds. The van der Waals surface area contributed by atoms with Crippen LogP contribution < -0.4 is 4.74 Å². The Balaban J connectivity index is 3.24. The molecule has 1 aromatic carbocycles. The third-order valence-corrected chi connectivity index (χ3v) is 2.15. The van der Waals surface area contributed by atoms with E-state index in [0.29, 0.717) is 17.7 Å². The van der Waals surface area contributed by atoms with Crippen LogP contribution in [0.3, 0.4) is 0 Å². The molecule has 0 saturated carbocycles. The minimum absolute atomic E-state index is 0.260. The quantitative estimate of drug-likeness (QED) is 0.689. The Morgan fingerprint density at radius 1 is 1.50 bits per heavy atom. The summed E-state index contributed by atoms with van der Waals surface area (Å²) in [4.78, 5) is 10.4. The number of ether oxygens (including phenoxy) is 1. The molecule has 76 valence electrons. The summed E-state index contributed by atoms with van der Waals surface area (Å²) in [5, 5.41) is 0. The topological polar surface area (TPSA) is 26.3 Å². The van der Waals surface area contributed by atoms with E-state index in [4.69, 9.17) is 4.74 Å². The third kappa shape index (κ3) is 1.92. The average Bonchev–Trinajstić information content (AvgIpc) is 2.20. The van der Waals surface area contributed by atoms with Crippen LogP contribution in [0.15, 0.2) is 12.1 Å². The van der Waals surface area contributed by atoms with E-state index < -0.39 is 0 Å². The van der Waals surface area contributed by atoms with E-state index in [1.165, 1.54) is 13.2 Å². The molecule has 0 atom stereocenters. The smallest absolute Gasteiger partial charge is 0.130 e. The molecule has 0 aromatic heterocycles. The van der Waals surface area contributed by atoms with E-state index in [9.17, 15) is 9.18 Å². The van der Waals surface area contributed by atoms with E-state index in [1.54, 1.807) is 6.07 Å². The summed E-state index contributed by atoms with van der Waals surface area (Å²) >= 11 is 0. The summed E-state index contributed by atoms with van der Waals surface area (Å²) in [5.41, 5.74) is 1.27. The maximum atomic E-state index is 13.3. The zero-order chi connectivity index (χ0) is 10.6. The molecular weight excluding hydrogens is 183 g/mol. The highest BCUT2D eigenvalue weighted by atomic mass is 19.1. The van der Waals surface area contributed by atoms with E-state index in [-0.39, 0.29) is 12.2 Å². The summed E-state index contributed by atoms with van der Waals surface area (Å²) in [6.45, 7) is 1.85. The van der Waals surface area contributed by atoms with Gasteiger partial charge in [0.2, 0.25) is 0 Å². The highest BCUT2D eigenvalue weighted by molar-refractivity contribution is 5.59. The normalized spacial score (nSPS) is 9.93. The number of carbonyl (C=O) groups excluding carboxylic acids is 1. The fourth-order valence-corrected chi connectivity index (χ4v) is 1.49. The first-order chi connectivity index (χ1) is 6.74. The first-order valence-corrected chi connectivity index (χ1v) is 4.52. The van der Waals surface area contributed by atoms with Crippen molar-refractivity contribution in [1.29, 1.82) is 0 Å². The molecule has 0 aliphatic rings. The van der Waals surface area contributed by atoms with Crippen LogP contribution in [0.25, 0.3) is 0 Å². The highest BCUT2D eigenvalue weighted by Crippen LogP contribution is 2.26. The lowest BCUT2D eigenvalue weighted by Gasteiger charge is -2.11. The van der Waals surface area contributed by atoms with Gasteiger partial charge in [0.15, 0.2) is 0 Å². The van der Waals surface area contributed by atoms with E-state index >= 15 is 0 Å². The molecule has 0 saturated heterocycles. The Kier molecular flexibility index (Phi) is 3.63. The van der Waals surface area contributed by atoms with Crippen molar-refractivity contribution in [2.24, 2.45) is 0 Å². The van der Waals surface area contributed by atoms with Gasteiger partial charge in [0.1, 0.15) is 17.9 Å².